The Bertz CT molecular complexity index is 655. The summed E-state index contributed by atoms with van der Waals surface area (Å²) < 4.78 is 0. The van der Waals surface area contributed by atoms with Crippen LogP contribution in [0.1, 0.15) is 11.1 Å². The van der Waals surface area contributed by atoms with E-state index in [0.717, 1.165) is 12.1 Å². The fourth-order valence-electron chi connectivity index (χ4n) is 1.80. The van der Waals surface area contributed by atoms with Crippen LogP contribution >= 0.6 is 0 Å². The van der Waals surface area contributed by atoms with Crippen molar-refractivity contribution in [2.75, 3.05) is 5.32 Å². The van der Waals surface area contributed by atoms with E-state index in [1.165, 1.54) is 17.3 Å². The molecule has 3 nitrogen and oxygen atoms in total. The molecule has 3 heteroatoms. The molecule has 0 unspecified atom stereocenters. The van der Waals surface area contributed by atoms with Gasteiger partial charge in [-0.05, 0) is 29.7 Å². The summed E-state index contributed by atoms with van der Waals surface area (Å²) in [4.78, 5) is 0. The molecule has 0 aliphatic rings. The molecule has 2 aromatic carbocycles. The fourth-order valence-corrected chi connectivity index (χ4v) is 1.80. The number of anilines is 1. The van der Waals surface area contributed by atoms with Gasteiger partial charge in [0.05, 0.1) is 0 Å². The van der Waals surface area contributed by atoms with E-state index in [1.807, 2.05) is 42.5 Å². The second-order valence-corrected chi connectivity index (χ2v) is 4.29. The van der Waals surface area contributed by atoms with E-state index in [-0.39, 0.29) is 5.57 Å². The third-order valence-electron chi connectivity index (χ3n) is 2.83. The summed E-state index contributed by atoms with van der Waals surface area (Å²) in [5.74, 6) is 0. The molecule has 2 rings (SSSR count). The molecular formula is C17H13N3. The van der Waals surface area contributed by atoms with Gasteiger partial charge in [-0.15, -0.1) is 0 Å². The van der Waals surface area contributed by atoms with Gasteiger partial charge >= 0.3 is 0 Å². The van der Waals surface area contributed by atoms with Crippen molar-refractivity contribution >= 4 is 5.69 Å². The predicted octanol–water partition coefficient (Wildman–Crippen LogP) is 3.62. The molecule has 0 bridgehead atoms. The zero-order valence-electron chi connectivity index (χ0n) is 10.9. The highest BCUT2D eigenvalue weighted by molar-refractivity contribution is 5.50. The minimum Gasteiger partial charge on any atom is -0.360 e. The van der Waals surface area contributed by atoms with Gasteiger partial charge in [-0.3, -0.25) is 0 Å². The molecule has 2 aromatic rings. The van der Waals surface area contributed by atoms with Crippen molar-refractivity contribution in [2.45, 2.75) is 6.42 Å². The quantitative estimate of drug-likeness (QED) is 0.853. The van der Waals surface area contributed by atoms with Crippen molar-refractivity contribution in [2.24, 2.45) is 0 Å². The van der Waals surface area contributed by atoms with Gasteiger partial charge in [0.1, 0.15) is 17.7 Å². The first-order chi connectivity index (χ1) is 9.81. The molecule has 0 saturated heterocycles. The number of rotatable bonds is 4. The van der Waals surface area contributed by atoms with Gasteiger partial charge in [-0.2, -0.15) is 10.5 Å². The number of benzene rings is 2. The lowest BCUT2D eigenvalue weighted by Gasteiger charge is -2.04. The molecule has 0 aromatic heterocycles. The van der Waals surface area contributed by atoms with E-state index in [9.17, 15) is 0 Å². The van der Waals surface area contributed by atoms with Crippen LogP contribution in [0.3, 0.4) is 0 Å². The standard InChI is InChI=1S/C17H13N3/c18-11-16(12-19)13-20-17-8-6-15(7-9-17)10-14-4-2-1-3-5-14/h1-9,13,20H,10H2. The highest BCUT2D eigenvalue weighted by Gasteiger charge is 1.97. The van der Waals surface area contributed by atoms with Crippen LogP contribution in [-0.2, 0) is 6.42 Å². The van der Waals surface area contributed by atoms with Crippen molar-refractivity contribution in [3.8, 4) is 12.1 Å². The number of hydrogen-bond donors (Lipinski definition) is 1. The Hall–Kier alpha value is -3.04. The number of nitrogens with zero attached hydrogens (tertiary/aromatic N) is 2. The van der Waals surface area contributed by atoms with Gasteiger partial charge in [0.25, 0.3) is 0 Å². The summed E-state index contributed by atoms with van der Waals surface area (Å²) in [6.07, 6.45) is 2.30. The van der Waals surface area contributed by atoms with Gasteiger partial charge in [0, 0.05) is 11.9 Å². The molecule has 0 amide bonds. The molecule has 96 valence electrons. The second kappa shape index (κ2) is 6.78. The Kier molecular flexibility index (Phi) is 4.54. The van der Waals surface area contributed by atoms with Gasteiger partial charge in [-0.1, -0.05) is 42.5 Å². The Labute approximate surface area is 118 Å². The average molecular weight is 259 g/mol. The minimum absolute atomic E-state index is 0.0540. The maximum absolute atomic E-state index is 8.63. The number of nitriles is 2. The Morgan fingerprint density at radius 3 is 2.10 bits per heavy atom. The molecule has 0 aliphatic carbocycles. The Balaban J connectivity index is 2.02. The molecule has 1 N–H and O–H groups in total. The van der Waals surface area contributed by atoms with Gasteiger partial charge < -0.3 is 5.32 Å². The van der Waals surface area contributed by atoms with Gasteiger partial charge in [-0.25, -0.2) is 0 Å². The van der Waals surface area contributed by atoms with Crippen LogP contribution in [0.4, 0.5) is 5.69 Å². The molecular weight excluding hydrogens is 246 g/mol. The van der Waals surface area contributed by atoms with Crippen molar-refractivity contribution in [3.05, 3.63) is 77.5 Å². The zero-order chi connectivity index (χ0) is 14.2. The van der Waals surface area contributed by atoms with Crippen molar-refractivity contribution < 1.29 is 0 Å². The first-order valence-corrected chi connectivity index (χ1v) is 6.21. The third kappa shape index (κ3) is 3.73. The Morgan fingerprint density at radius 1 is 0.900 bits per heavy atom. The van der Waals surface area contributed by atoms with E-state index in [1.54, 1.807) is 12.1 Å². The average Bonchev–Trinajstić information content (AvgIpc) is 2.51. The SMILES string of the molecule is N#CC(C#N)=CNc1ccc(Cc2ccccc2)cc1. The topological polar surface area (TPSA) is 59.6 Å². The van der Waals surface area contributed by atoms with E-state index in [2.05, 4.69) is 17.4 Å². The summed E-state index contributed by atoms with van der Waals surface area (Å²) >= 11 is 0. The number of hydrogen-bond acceptors (Lipinski definition) is 3. The number of nitrogens with one attached hydrogen (secondary N) is 1. The molecule has 0 saturated carbocycles. The van der Waals surface area contributed by atoms with Crippen LogP contribution < -0.4 is 5.32 Å². The summed E-state index contributed by atoms with van der Waals surface area (Å²) in [6.45, 7) is 0. The van der Waals surface area contributed by atoms with E-state index in [4.69, 9.17) is 10.5 Å². The van der Waals surface area contributed by atoms with Crippen LogP contribution in [0.5, 0.6) is 0 Å². The lowest BCUT2D eigenvalue weighted by Crippen LogP contribution is -1.91. The van der Waals surface area contributed by atoms with Gasteiger partial charge in [0.2, 0.25) is 0 Å². The summed E-state index contributed by atoms with van der Waals surface area (Å²) in [7, 11) is 0. The first kappa shape index (κ1) is 13.4. The van der Waals surface area contributed by atoms with Crippen LogP contribution in [-0.4, -0.2) is 0 Å². The molecule has 0 fully saturated rings. The predicted molar refractivity (Wildman–Crippen MR) is 78.6 cm³/mol. The highest BCUT2D eigenvalue weighted by atomic mass is 14.8. The third-order valence-corrected chi connectivity index (χ3v) is 2.83. The van der Waals surface area contributed by atoms with Crippen LogP contribution in [0, 0.1) is 22.7 Å². The smallest absolute Gasteiger partial charge is 0.145 e. The number of allylic oxidation sites excluding steroid dienone is 1. The van der Waals surface area contributed by atoms with Crippen molar-refractivity contribution in [3.63, 3.8) is 0 Å². The minimum atomic E-state index is 0.0540. The lowest BCUT2D eigenvalue weighted by atomic mass is 10.0. The second-order valence-electron chi connectivity index (χ2n) is 4.29. The molecule has 0 heterocycles. The largest absolute Gasteiger partial charge is 0.360 e. The molecule has 0 aliphatic heterocycles. The van der Waals surface area contributed by atoms with E-state index >= 15 is 0 Å². The van der Waals surface area contributed by atoms with Crippen molar-refractivity contribution in [1.29, 1.82) is 10.5 Å². The van der Waals surface area contributed by atoms with Crippen LogP contribution in [0.2, 0.25) is 0 Å². The monoisotopic (exact) mass is 259 g/mol. The van der Waals surface area contributed by atoms with Crippen molar-refractivity contribution in [1.82, 2.24) is 0 Å². The molecule has 0 spiro atoms. The summed E-state index contributed by atoms with van der Waals surface area (Å²) in [5.41, 5.74) is 3.39. The zero-order valence-corrected chi connectivity index (χ0v) is 10.9. The summed E-state index contributed by atoms with van der Waals surface area (Å²) in [6, 6.07) is 21.8. The van der Waals surface area contributed by atoms with Crippen LogP contribution in [0.25, 0.3) is 0 Å². The summed E-state index contributed by atoms with van der Waals surface area (Å²) in [5, 5.41) is 20.2. The maximum Gasteiger partial charge on any atom is 0.145 e. The fraction of sp³-hybridized carbons (Fsp3) is 0.0588. The lowest BCUT2D eigenvalue weighted by molar-refractivity contribution is 1.19. The molecule has 0 radical (unpaired) electrons. The van der Waals surface area contributed by atoms with E-state index < -0.39 is 0 Å². The maximum atomic E-state index is 8.63. The van der Waals surface area contributed by atoms with Gasteiger partial charge in [0.15, 0.2) is 0 Å². The Morgan fingerprint density at radius 2 is 1.50 bits per heavy atom. The first-order valence-electron chi connectivity index (χ1n) is 6.21. The normalized spacial score (nSPS) is 9.10. The highest BCUT2D eigenvalue weighted by Crippen LogP contribution is 2.13. The molecule has 0 atom stereocenters. The van der Waals surface area contributed by atoms with E-state index in [0.29, 0.717) is 0 Å². The van der Waals surface area contributed by atoms with Crippen LogP contribution in [0.15, 0.2) is 66.4 Å². The molecule has 20 heavy (non-hydrogen) atoms.